The highest BCUT2D eigenvalue weighted by molar-refractivity contribution is 5.94. The molecular weight excluding hydrogens is 360 g/mol. The van der Waals surface area contributed by atoms with Crippen LogP contribution in [0.5, 0.6) is 5.75 Å². The normalized spacial score (nSPS) is 14.8. The molecule has 144 valence electrons. The molecule has 0 atom stereocenters. The molecule has 28 heavy (non-hydrogen) atoms. The lowest BCUT2D eigenvalue weighted by molar-refractivity contribution is 0.0615. The van der Waals surface area contributed by atoms with Crippen molar-refractivity contribution in [2.75, 3.05) is 33.3 Å². The van der Waals surface area contributed by atoms with Crippen molar-refractivity contribution in [1.29, 1.82) is 0 Å². The summed E-state index contributed by atoms with van der Waals surface area (Å²) >= 11 is 0. The Hall–Kier alpha value is -3.33. The molecule has 0 aliphatic carbocycles. The van der Waals surface area contributed by atoms with Crippen LogP contribution in [-0.2, 0) is 6.54 Å². The van der Waals surface area contributed by atoms with Gasteiger partial charge in [-0.3, -0.25) is 14.7 Å². The minimum atomic E-state index is 0.0151. The molecule has 1 aliphatic heterocycles. The average Bonchev–Trinajstić information content (AvgIpc) is 3.23. The Balaban J connectivity index is 1.33. The SMILES string of the molecule is COc1cccc(C(=O)N2CCN(Cc3nc(-c4cnccn4)no3)CC2)c1. The van der Waals surface area contributed by atoms with E-state index >= 15 is 0 Å². The van der Waals surface area contributed by atoms with Crippen molar-refractivity contribution in [3.63, 3.8) is 0 Å². The van der Waals surface area contributed by atoms with E-state index < -0.39 is 0 Å². The highest BCUT2D eigenvalue weighted by Crippen LogP contribution is 2.17. The quantitative estimate of drug-likeness (QED) is 0.657. The maximum atomic E-state index is 12.7. The molecule has 1 aromatic carbocycles. The van der Waals surface area contributed by atoms with Gasteiger partial charge >= 0.3 is 0 Å². The number of aromatic nitrogens is 4. The summed E-state index contributed by atoms with van der Waals surface area (Å²) in [7, 11) is 1.59. The summed E-state index contributed by atoms with van der Waals surface area (Å²) in [6.45, 7) is 3.29. The summed E-state index contributed by atoms with van der Waals surface area (Å²) in [4.78, 5) is 29.3. The van der Waals surface area contributed by atoms with Crippen LogP contribution >= 0.6 is 0 Å². The number of rotatable bonds is 5. The third kappa shape index (κ3) is 3.99. The van der Waals surface area contributed by atoms with Crippen molar-refractivity contribution >= 4 is 5.91 Å². The van der Waals surface area contributed by atoms with Crippen LogP contribution in [0.3, 0.4) is 0 Å². The van der Waals surface area contributed by atoms with Gasteiger partial charge in [0.15, 0.2) is 0 Å². The molecule has 3 heterocycles. The van der Waals surface area contributed by atoms with Gasteiger partial charge in [-0.15, -0.1) is 0 Å². The van der Waals surface area contributed by atoms with Crippen LogP contribution in [0.4, 0.5) is 0 Å². The Labute approximate surface area is 162 Å². The predicted octanol–water partition coefficient (Wildman–Crippen LogP) is 1.49. The van der Waals surface area contributed by atoms with E-state index in [1.54, 1.807) is 31.8 Å². The monoisotopic (exact) mass is 380 g/mol. The van der Waals surface area contributed by atoms with Gasteiger partial charge in [-0.1, -0.05) is 11.2 Å². The Bertz CT molecular complexity index is 938. The smallest absolute Gasteiger partial charge is 0.254 e. The molecule has 0 spiro atoms. The zero-order chi connectivity index (χ0) is 19.3. The molecule has 9 nitrogen and oxygen atoms in total. The van der Waals surface area contributed by atoms with E-state index in [4.69, 9.17) is 9.26 Å². The first-order chi connectivity index (χ1) is 13.7. The van der Waals surface area contributed by atoms with E-state index in [9.17, 15) is 4.79 Å². The topological polar surface area (TPSA) is 97.5 Å². The van der Waals surface area contributed by atoms with Crippen molar-refractivity contribution in [3.05, 3.63) is 54.3 Å². The summed E-state index contributed by atoms with van der Waals surface area (Å²) in [5.74, 6) is 1.64. The standard InChI is InChI=1S/C19H20N6O3/c1-27-15-4-2-3-14(11-15)19(26)25-9-7-24(8-10-25)13-17-22-18(23-28-17)16-12-20-5-6-21-16/h2-6,11-12H,7-10,13H2,1H3. The number of benzene rings is 1. The fourth-order valence-corrected chi connectivity index (χ4v) is 3.08. The number of carbonyl (C=O) groups is 1. The highest BCUT2D eigenvalue weighted by Gasteiger charge is 2.24. The molecule has 4 rings (SSSR count). The molecule has 1 aliphatic rings. The summed E-state index contributed by atoms with van der Waals surface area (Å²) in [6, 6.07) is 7.23. The summed E-state index contributed by atoms with van der Waals surface area (Å²) in [6.07, 6.45) is 4.78. The van der Waals surface area contributed by atoms with E-state index in [2.05, 4.69) is 25.0 Å². The van der Waals surface area contributed by atoms with E-state index in [1.165, 1.54) is 0 Å². The van der Waals surface area contributed by atoms with Crippen LogP contribution in [0.15, 0.2) is 47.4 Å². The lowest BCUT2D eigenvalue weighted by Gasteiger charge is -2.34. The third-order valence-electron chi connectivity index (χ3n) is 4.60. The largest absolute Gasteiger partial charge is 0.497 e. The fraction of sp³-hybridized carbons (Fsp3) is 0.316. The Kier molecular flexibility index (Phi) is 5.24. The minimum absolute atomic E-state index is 0.0151. The molecule has 0 bridgehead atoms. The van der Waals surface area contributed by atoms with Crippen LogP contribution in [0, 0.1) is 0 Å². The maximum Gasteiger partial charge on any atom is 0.254 e. The number of hydrogen-bond donors (Lipinski definition) is 0. The Morgan fingerprint density at radius 3 is 2.82 bits per heavy atom. The van der Waals surface area contributed by atoms with Crippen molar-refractivity contribution in [2.45, 2.75) is 6.54 Å². The Morgan fingerprint density at radius 2 is 2.07 bits per heavy atom. The second-order valence-corrected chi connectivity index (χ2v) is 6.40. The maximum absolute atomic E-state index is 12.7. The molecule has 0 unspecified atom stereocenters. The van der Waals surface area contributed by atoms with Crippen LogP contribution < -0.4 is 4.74 Å². The molecule has 1 amide bonds. The van der Waals surface area contributed by atoms with Gasteiger partial charge in [0.25, 0.3) is 5.91 Å². The van der Waals surface area contributed by atoms with Crippen molar-refractivity contribution in [2.24, 2.45) is 0 Å². The number of hydrogen-bond acceptors (Lipinski definition) is 8. The van der Waals surface area contributed by atoms with Gasteiger partial charge in [0.2, 0.25) is 11.7 Å². The van der Waals surface area contributed by atoms with Gasteiger partial charge < -0.3 is 14.2 Å². The van der Waals surface area contributed by atoms with Crippen molar-refractivity contribution in [3.8, 4) is 17.3 Å². The fourth-order valence-electron chi connectivity index (χ4n) is 3.08. The highest BCUT2D eigenvalue weighted by atomic mass is 16.5. The molecule has 9 heteroatoms. The first kappa shape index (κ1) is 18.1. The molecular formula is C19H20N6O3. The first-order valence-electron chi connectivity index (χ1n) is 8.97. The number of ether oxygens (including phenoxy) is 1. The zero-order valence-corrected chi connectivity index (χ0v) is 15.5. The molecule has 0 radical (unpaired) electrons. The Morgan fingerprint density at radius 1 is 1.21 bits per heavy atom. The van der Waals surface area contributed by atoms with Gasteiger partial charge in [0, 0.05) is 44.1 Å². The number of amides is 1. The van der Waals surface area contributed by atoms with E-state index in [1.807, 2.05) is 23.1 Å². The van der Waals surface area contributed by atoms with Gasteiger partial charge in [-0.05, 0) is 18.2 Å². The molecule has 0 saturated carbocycles. The number of nitrogens with zero attached hydrogens (tertiary/aromatic N) is 6. The lowest BCUT2D eigenvalue weighted by Crippen LogP contribution is -2.48. The second kappa shape index (κ2) is 8.13. The molecule has 3 aromatic rings. The average molecular weight is 380 g/mol. The zero-order valence-electron chi connectivity index (χ0n) is 15.5. The number of carbonyl (C=O) groups excluding carboxylic acids is 1. The number of methoxy groups -OCH3 is 1. The van der Waals surface area contributed by atoms with Gasteiger partial charge in [-0.25, -0.2) is 4.98 Å². The van der Waals surface area contributed by atoms with Crippen molar-refractivity contribution < 1.29 is 14.1 Å². The minimum Gasteiger partial charge on any atom is -0.497 e. The van der Waals surface area contributed by atoms with E-state index in [0.717, 1.165) is 13.1 Å². The van der Waals surface area contributed by atoms with Crippen LogP contribution in [0.1, 0.15) is 16.2 Å². The van der Waals surface area contributed by atoms with E-state index in [0.29, 0.717) is 48.4 Å². The first-order valence-corrected chi connectivity index (χ1v) is 8.97. The summed E-state index contributed by atoms with van der Waals surface area (Å²) in [5, 5.41) is 3.96. The van der Waals surface area contributed by atoms with Gasteiger partial charge in [-0.2, -0.15) is 4.98 Å². The van der Waals surface area contributed by atoms with Crippen LogP contribution in [-0.4, -0.2) is 69.1 Å². The summed E-state index contributed by atoms with van der Waals surface area (Å²) < 4.78 is 10.5. The number of piperazine rings is 1. The lowest BCUT2D eigenvalue weighted by atomic mass is 10.1. The second-order valence-electron chi connectivity index (χ2n) is 6.40. The molecule has 1 fully saturated rings. The van der Waals surface area contributed by atoms with Crippen LogP contribution in [0.25, 0.3) is 11.5 Å². The predicted molar refractivity (Wildman–Crippen MR) is 99.5 cm³/mol. The van der Waals surface area contributed by atoms with Gasteiger partial charge in [0.05, 0.1) is 19.9 Å². The van der Waals surface area contributed by atoms with Crippen LogP contribution in [0.2, 0.25) is 0 Å². The van der Waals surface area contributed by atoms with Crippen molar-refractivity contribution in [1.82, 2.24) is 29.9 Å². The molecule has 2 aromatic heterocycles. The summed E-state index contributed by atoms with van der Waals surface area (Å²) in [5.41, 5.74) is 1.21. The molecule has 1 saturated heterocycles. The van der Waals surface area contributed by atoms with E-state index in [-0.39, 0.29) is 5.91 Å². The van der Waals surface area contributed by atoms with Gasteiger partial charge in [0.1, 0.15) is 11.4 Å². The molecule has 0 N–H and O–H groups in total. The third-order valence-corrected chi connectivity index (χ3v) is 4.60.